The maximum Gasteiger partial charge on any atom is 0.126 e. The van der Waals surface area contributed by atoms with Crippen molar-refractivity contribution in [3.63, 3.8) is 0 Å². The number of hydrogen-bond donors (Lipinski definition) is 2. The number of rotatable bonds is 8. The van der Waals surface area contributed by atoms with Crippen molar-refractivity contribution in [3.8, 4) is 0 Å². The highest BCUT2D eigenvalue weighted by atomic mass is 35.5. The summed E-state index contributed by atoms with van der Waals surface area (Å²) in [4.78, 5) is 4.21. The Labute approximate surface area is 108 Å². The molecule has 96 valence electrons. The molecule has 1 rings (SSSR count). The predicted molar refractivity (Wildman–Crippen MR) is 71.6 cm³/mol. The minimum absolute atomic E-state index is 0.660. The molecule has 0 fully saturated rings. The van der Waals surface area contributed by atoms with Crippen LogP contribution in [0.5, 0.6) is 0 Å². The lowest BCUT2D eigenvalue weighted by Crippen LogP contribution is -2.15. The Kier molecular flexibility index (Phi) is 6.93. The maximum atomic E-state index is 6.08. The van der Waals surface area contributed by atoms with Crippen LogP contribution in [0.25, 0.3) is 0 Å². The van der Waals surface area contributed by atoms with Crippen LogP contribution < -0.4 is 10.6 Å². The van der Waals surface area contributed by atoms with Crippen molar-refractivity contribution in [1.82, 2.24) is 10.3 Å². The molecular formula is C12H20ClN3O. The predicted octanol–water partition coefficient (Wildman–Crippen LogP) is 2.29. The van der Waals surface area contributed by atoms with Crippen LogP contribution in [0, 0.1) is 0 Å². The first-order valence-electron chi connectivity index (χ1n) is 5.86. The van der Waals surface area contributed by atoms with E-state index in [-0.39, 0.29) is 0 Å². The molecule has 0 aliphatic heterocycles. The third kappa shape index (κ3) is 5.35. The van der Waals surface area contributed by atoms with Gasteiger partial charge in [0.05, 0.1) is 11.6 Å². The van der Waals surface area contributed by atoms with E-state index in [0.29, 0.717) is 11.6 Å². The van der Waals surface area contributed by atoms with E-state index in [9.17, 15) is 0 Å². The first kappa shape index (κ1) is 14.2. The molecule has 5 heteroatoms. The van der Waals surface area contributed by atoms with Gasteiger partial charge in [0.1, 0.15) is 5.82 Å². The van der Waals surface area contributed by atoms with Gasteiger partial charge in [-0.2, -0.15) is 0 Å². The molecule has 0 radical (unpaired) electrons. The summed E-state index contributed by atoms with van der Waals surface area (Å²) in [6.45, 7) is 5.30. The van der Waals surface area contributed by atoms with E-state index in [1.807, 2.05) is 6.07 Å². The Bertz CT molecular complexity index is 334. The van der Waals surface area contributed by atoms with Crippen molar-refractivity contribution < 1.29 is 4.74 Å². The number of nitrogens with one attached hydrogen (secondary N) is 2. The molecule has 0 unspecified atom stereocenters. The average Bonchev–Trinajstić information content (AvgIpc) is 2.33. The standard InChI is InChI=1S/C12H20ClN3O/c1-3-4-14-8-10-7-12(15-5-6-17-2)16-9-11(10)13/h7,9,14H,3-6,8H2,1-2H3,(H,15,16). The quantitative estimate of drug-likeness (QED) is 0.702. The van der Waals surface area contributed by atoms with Crippen molar-refractivity contribution in [3.05, 3.63) is 22.8 Å². The summed E-state index contributed by atoms with van der Waals surface area (Å²) >= 11 is 6.08. The van der Waals surface area contributed by atoms with E-state index in [2.05, 4.69) is 22.5 Å². The van der Waals surface area contributed by atoms with Crippen LogP contribution >= 0.6 is 11.6 Å². The fraction of sp³-hybridized carbons (Fsp3) is 0.583. The normalized spacial score (nSPS) is 10.5. The Hall–Kier alpha value is -0.840. The number of halogens is 1. The zero-order chi connectivity index (χ0) is 12.5. The summed E-state index contributed by atoms with van der Waals surface area (Å²) in [6.07, 6.45) is 2.79. The zero-order valence-corrected chi connectivity index (χ0v) is 11.2. The van der Waals surface area contributed by atoms with Gasteiger partial charge < -0.3 is 15.4 Å². The van der Waals surface area contributed by atoms with E-state index in [4.69, 9.17) is 16.3 Å². The summed E-state index contributed by atoms with van der Waals surface area (Å²) in [5.74, 6) is 0.833. The number of anilines is 1. The molecule has 17 heavy (non-hydrogen) atoms. The Morgan fingerprint density at radius 1 is 1.41 bits per heavy atom. The van der Waals surface area contributed by atoms with E-state index < -0.39 is 0 Å². The Balaban J connectivity index is 2.53. The number of ether oxygens (including phenoxy) is 1. The minimum atomic E-state index is 0.660. The minimum Gasteiger partial charge on any atom is -0.383 e. The molecule has 0 saturated carbocycles. The lowest BCUT2D eigenvalue weighted by Gasteiger charge is -2.09. The van der Waals surface area contributed by atoms with Crippen molar-refractivity contribution in [2.45, 2.75) is 19.9 Å². The summed E-state index contributed by atoms with van der Waals surface area (Å²) < 4.78 is 4.97. The third-order valence-electron chi connectivity index (χ3n) is 2.29. The van der Waals surface area contributed by atoms with E-state index in [1.54, 1.807) is 13.3 Å². The Morgan fingerprint density at radius 3 is 2.94 bits per heavy atom. The molecule has 0 aromatic carbocycles. The van der Waals surface area contributed by atoms with Gasteiger partial charge in [0.2, 0.25) is 0 Å². The van der Waals surface area contributed by atoms with E-state index in [1.165, 1.54) is 0 Å². The Morgan fingerprint density at radius 2 is 2.24 bits per heavy atom. The molecule has 0 aliphatic rings. The van der Waals surface area contributed by atoms with Gasteiger partial charge in [-0.15, -0.1) is 0 Å². The van der Waals surface area contributed by atoms with Crippen molar-refractivity contribution in [2.24, 2.45) is 0 Å². The van der Waals surface area contributed by atoms with Crippen LogP contribution in [-0.4, -0.2) is 31.8 Å². The molecular weight excluding hydrogens is 238 g/mol. The van der Waals surface area contributed by atoms with Crippen LogP contribution in [-0.2, 0) is 11.3 Å². The molecule has 1 aromatic heterocycles. The lowest BCUT2D eigenvalue weighted by molar-refractivity contribution is 0.210. The van der Waals surface area contributed by atoms with E-state index in [0.717, 1.165) is 37.4 Å². The molecule has 0 bridgehead atoms. The van der Waals surface area contributed by atoms with Crippen LogP contribution in [0.4, 0.5) is 5.82 Å². The number of hydrogen-bond acceptors (Lipinski definition) is 4. The molecule has 0 amide bonds. The molecule has 0 spiro atoms. The highest BCUT2D eigenvalue weighted by molar-refractivity contribution is 6.31. The highest BCUT2D eigenvalue weighted by Gasteiger charge is 2.02. The van der Waals surface area contributed by atoms with Gasteiger partial charge in [0.25, 0.3) is 0 Å². The summed E-state index contributed by atoms with van der Waals surface area (Å²) in [6, 6.07) is 1.97. The lowest BCUT2D eigenvalue weighted by atomic mass is 10.2. The SMILES string of the molecule is CCCNCc1cc(NCCOC)ncc1Cl. The van der Waals surface area contributed by atoms with Crippen molar-refractivity contribution in [1.29, 1.82) is 0 Å². The first-order chi connectivity index (χ1) is 8.27. The molecule has 0 atom stereocenters. The van der Waals surface area contributed by atoms with Gasteiger partial charge in [-0.25, -0.2) is 4.98 Å². The van der Waals surface area contributed by atoms with Gasteiger partial charge in [0.15, 0.2) is 0 Å². The van der Waals surface area contributed by atoms with Crippen molar-refractivity contribution in [2.75, 3.05) is 32.1 Å². The number of aromatic nitrogens is 1. The number of pyridine rings is 1. The molecule has 1 aromatic rings. The molecule has 1 heterocycles. The monoisotopic (exact) mass is 257 g/mol. The first-order valence-corrected chi connectivity index (χ1v) is 6.23. The van der Waals surface area contributed by atoms with Crippen LogP contribution in [0.1, 0.15) is 18.9 Å². The second kappa shape index (κ2) is 8.28. The average molecular weight is 258 g/mol. The summed E-state index contributed by atoms with van der Waals surface area (Å²) in [5, 5.41) is 7.20. The van der Waals surface area contributed by atoms with Crippen LogP contribution in [0.3, 0.4) is 0 Å². The third-order valence-corrected chi connectivity index (χ3v) is 2.63. The molecule has 4 nitrogen and oxygen atoms in total. The fourth-order valence-corrected chi connectivity index (χ4v) is 1.56. The largest absolute Gasteiger partial charge is 0.383 e. The second-order valence-corrected chi connectivity index (χ2v) is 4.16. The fourth-order valence-electron chi connectivity index (χ4n) is 1.39. The number of nitrogens with zero attached hydrogens (tertiary/aromatic N) is 1. The van der Waals surface area contributed by atoms with Gasteiger partial charge in [0, 0.05) is 26.4 Å². The smallest absolute Gasteiger partial charge is 0.126 e. The van der Waals surface area contributed by atoms with Crippen LogP contribution in [0.2, 0.25) is 5.02 Å². The summed E-state index contributed by atoms with van der Waals surface area (Å²) in [5.41, 5.74) is 1.06. The van der Waals surface area contributed by atoms with Gasteiger partial charge in [-0.05, 0) is 24.6 Å². The van der Waals surface area contributed by atoms with Gasteiger partial charge in [-0.3, -0.25) is 0 Å². The summed E-state index contributed by atoms with van der Waals surface area (Å²) in [7, 11) is 1.68. The van der Waals surface area contributed by atoms with Crippen LogP contribution in [0.15, 0.2) is 12.3 Å². The zero-order valence-electron chi connectivity index (χ0n) is 10.4. The van der Waals surface area contributed by atoms with Gasteiger partial charge in [-0.1, -0.05) is 18.5 Å². The topological polar surface area (TPSA) is 46.2 Å². The molecule has 0 aliphatic carbocycles. The molecule has 0 saturated heterocycles. The number of methoxy groups -OCH3 is 1. The van der Waals surface area contributed by atoms with E-state index >= 15 is 0 Å². The van der Waals surface area contributed by atoms with Gasteiger partial charge >= 0.3 is 0 Å². The highest BCUT2D eigenvalue weighted by Crippen LogP contribution is 2.17. The molecule has 2 N–H and O–H groups in total. The maximum absolute atomic E-state index is 6.08. The second-order valence-electron chi connectivity index (χ2n) is 3.76. The van der Waals surface area contributed by atoms with Crippen molar-refractivity contribution >= 4 is 17.4 Å².